The maximum Gasteiger partial charge on any atom is 0.331 e. The van der Waals surface area contributed by atoms with Crippen molar-refractivity contribution in [1.29, 1.82) is 0 Å². The normalized spacial score (nSPS) is 12.0. The highest BCUT2D eigenvalue weighted by Gasteiger charge is 2.29. The molecule has 0 unspecified atom stereocenters. The molecule has 8 heteroatoms. The number of nitrogens with one attached hydrogen (secondary N) is 1. The van der Waals surface area contributed by atoms with Crippen LogP contribution in [0.1, 0.15) is 0 Å². The zero-order valence-electron chi connectivity index (χ0n) is 14.8. The van der Waals surface area contributed by atoms with Gasteiger partial charge in [0.25, 0.3) is 5.69 Å². The number of ether oxygens (including phenoxy) is 1. The largest absolute Gasteiger partial charge is 0.496 e. The quantitative estimate of drug-likeness (QED) is 0.473. The number of anilines is 3. The van der Waals surface area contributed by atoms with Gasteiger partial charge in [0.15, 0.2) is 0 Å². The lowest BCUT2D eigenvalue weighted by Crippen LogP contribution is -2.32. The van der Waals surface area contributed by atoms with E-state index in [-0.39, 0.29) is 11.4 Å². The molecule has 0 atom stereocenters. The van der Waals surface area contributed by atoms with E-state index in [1.807, 2.05) is 48.5 Å². The van der Waals surface area contributed by atoms with Crippen LogP contribution < -0.4 is 15.0 Å². The minimum atomic E-state index is -0.550. The SMILES string of the molecule is COc1ccc(NC(=O)N2c3ccccc3Sc3ccccc32)c([N+](=O)[O-])c1. The minimum absolute atomic E-state index is 0.101. The highest BCUT2D eigenvalue weighted by molar-refractivity contribution is 7.99. The van der Waals surface area contributed by atoms with Gasteiger partial charge in [-0.05, 0) is 36.4 Å². The summed E-state index contributed by atoms with van der Waals surface area (Å²) in [4.78, 5) is 27.4. The van der Waals surface area contributed by atoms with E-state index in [4.69, 9.17) is 4.74 Å². The Morgan fingerprint density at radius 3 is 2.21 bits per heavy atom. The number of para-hydroxylation sites is 2. The summed E-state index contributed by atoms with van der Waals surface area (Å²) < 4.78 is 5.04. The van der Waals surface area contributed by atoms with E-state index in [2.05, 4.69) is 5.32 Å². The van der Waals surface area contributed by atoms with Crippen LogP contribution in [0.4, 0.5) is 27.5 Å². The average molecular weight is 393 g/mol. The first kappa shape index (κ1) is 17.9. The Balaban J connectivity index is 1.75. The van der Waals surface area contributed by atoms with Gasteiger partial charge in [-0.1, -0.05) is 36.0 Å². The fourth-order valence-electron chi connectivity index (χ4n) is 2.99. The summed E-state index contributed by atoms with van der Waals surface area (Å²) in [5.74, 6) is 0.342. The summed E-state index contributed by atoms with van der Waals surface area (Å²) in [5.41, 5.74) is 1.31. The molecule has 0 spiro atoms. The maximum atomic E-state index is 13.2. The molecule has 0 aromatic heterocycles. The number of hydrogen-bond acceptors (Lipinski definition) is 5. The summed E-state index contributed by atoms with van der Waals surface area (Å²) >= 11 is 1.58. The van der Waals surface area contributed by atoms with Crippen molar-refractivity contribution in [1.82, 2.24) is 0 Å². The molecular formula is C20H15N3O4S. The molecule has 0 saturated heterocycles. The van der Waals surface area contributed by atoms with Crippen LogP contribution in [-0.2, 0) is 0 Å². The van der Waals surface area contributed by atoms with Gasteiger partial charge in [0.1, 0.15) is 11.4 Å². The monoisotopic (exact) mass is 393 g/mol. The summed E-state index contributed by atoms with van der Waals surface area (Å²) in [6.07, 6.45) is 0. The molecule has 0 aliphatic carbocycles. The molecule has 1 aliphatic rings. The van der Waals surface area contributed by atoms with E-state index >= 15 is 0 Å². The minimum Gasteiger partial charge on any atom is -0.496 e. The molecule has 0 fully saturated rings. The van der Waals surface area contributed by atoms with E-state index < -0.39 is 11.0 Å². The number of nitro groups is 1. The van der Waals surface area contributed by atoms with Crippen LogP contribution in [0.25, 0.3) is 0 Å². The Bertz CT molecular complexity index is 1040. The van der Waals surface area contributed by atoms with Crippen LogP contribution in [0.2, 0.25) is 0 Å². The Morgan fingerprint density at radius 2 is 1.64 bits per heavy atom. The van der Waals surface area contributed by atoms with Gasteiger partial charge in [-0.25, -0.2) is 4.79 Å². The Hall–Kier alpha value is -3.52. The van der Waals surface area contributed by atoms with Gasteiger partial charge in [0, 0.05) is 9.79 Å². The molecular weight excluding hydrogens is 378 g/mol. The molecule has 0 bridgehead atoms. The number of methoxy groups -OCH3 is 1. The molecule has 4 rings (SSSR count). The average Bonchev–Trinajstić information content (AvgIpc) is 2.71. The number of urea groups is 1. The molecule has 2 amide bonds. The first-order valence-corrected chi connectivity index (χ1v) is 9.19. The van der Waals surface area contributed by atoms with Gasteiger partial charge in [0.05, 0.1) is 29.5 Å². The molecule has 3 aromatic carbocycles. The van der Waals surface area contributed by atoms with Gasteiger partial charge < -0.3 is 10.1 Å². The van der Waals surface area contributed by atoms with E-state index in [9.17, 15) is 14.9 Å². The number of benzene rings is 3. The van der Waals surface area contributed by atoms with Crippen molar-refractivity contribution in [2.45, 2.75) is 9.79 Å². The number of fused-ring (bicyclic) bond motifs is 2. The Labute approximate surface area is 165 Å². The second kappa shape index (κ2) is 7.24. The van der Waals surface area contributed by atoms with Gasteiger partial charge in [0.2, 0.25) is 0 Å². The zero-order valence-corrected chi connectivity index (χ0v) is 15.6. The highest BCUT2D eigenvalue weighted by atomic mass is 32.2. The second-order valence-electron chi connectivity index (χ2n) is 5.94. The third-order valence-electron chi connectivity index (χ3n) is 4.28. The molecule has 1 N–H and O–H groups in total. The lowest BCUT2D eigenvalue weighted by Gasteiger charge is -2.30. The molecule has 0 saturated carbocycles. The van der Waals surface area contributed by atoms with Gasteiger partial charge in [-0.15, -0.1) is 0 Å². The van der Waals surface area contributed by atoms with Crippen molar-refractivity contribution < 1.29 is 14.5 Å². The fourth-order valence-corrected chi connectivity index (χ4v) is 4.05. The summed E-state index contributed by atoms with van der Waals surface area (Å²) in [6.45, 7) is 0. The maximum absolute atomic E-state index is 13.2. The topological polar surface area (TPSA) is 84.7 Å². The van der Waals surface area contributed by atoms with Crippen molar-refractivity contribution in [2.75, 3.05) is 17.3 Å². The predicted octanol–water partition coefficient (Wildman–Crippen LogP) is 5.44. The molecule has 0 radical (unpaired) electrons. The molecule has 1 heterocycles. The highest BCUT2D eigenvalue weighted by Crippen LogP contribution is 2.48. The lowest BCUT2D eigenvalue weighted by atomic mass is 10.2. The van der Waals surface area contributed by atoms with Crippen LogP contribution in [0.5, 0.6) is 5.75 Å². The van der Waals surface area contributed by atoms with E-state index in [1.54, 1.807) is 17.8 Å². The van der Waals surface area contributed by atoms with E-state index in [1.165, 1.54) is 24.1 Å². The number of carbonyl (C=O) groups excluding carboxylic acids is 1. The van der Waals surface area contributed by atoms with E-state index in [0.717, 1.165) is 21.2 Å². The summed E-state index contributed by atoms with van der Waals surface area (Å²) in [5, 5.41) is 14.1. The molecule has 3 aromatic rings. The summed E-state index contributed by atoms with van der Waals surface area (Å²) in [7, 11) is 1.43. The lowest BCUT2D eigenvalue weighted by molar-refractivity contribution is -0.384. The van der Waals surface area contributed by atoms with Gasteiger partial charge in [-0.2, -0.15) is 0 Å². The van der Waals surface area contributed by atoms with Crippen LogP contribution >= 0.6 is 11.8 Å². The van der Waals surface area contributed by atoms with Crippen molar-refractivity contribution >= 4 is 40.5 Å². The first-order valence-electron chi connectivity index (χ1n) is 8.38. The van der Waals surface area contributed by atoms with Gasteiger partial charge >= 0.3 is 6.03 Å². The first-order chi connectivity index (χ1) is 13.6. The number of nitro benzene ring substituents is 1. The Kier molecular flexibility index (Phi) is 4.62. The van der Waals surface area contributed by atoms with Crippen molar-refractivity contribution in [2.24, 2.45) is 0 Å². The van der Waals surface area contributed by atoms with Crippen LogP contribution in [-0.4, -0.2) is 18.1 Å². The van der Waals surface area contributed by atoms with Crippen molar-refractivity contribution in [3.05, 3.63) is 76.8 Å². The fraction of sp³-hybridized carbons (Fsp3) is 0.0500. The Morgan fingerprint density at radius 1 is 1.04 bits per heavy atom. The number of hydrogen-bond donors (Lipinski definition) is 1. The third kappa shape index (κ3) is 3.14. The molecule has 1 aliphatic heterocycles. The summed E-state index contributed by atoms with van der Waals surface area (Å²) in [6, 6.07) is 18.9. The van der Waals surface area contributed by atoms with Crippen molar-refractivity contribution in [3.63, 3.8) is 0 Å². The van der Waals surface area contributed by atoms with Crippen LogP contribution in [0.3, 0.4) is 0 Å². The zero-order chi connectivity index (χ0) is 19.7. The molecule has 28 heavy (non-hydrogen) atoms. The van der Waals surface area contributed by atoms with E-state index in [0.29, 0.717) is 5.75 Å². The van der Waals surface area contributed by atoms with Gasteiger partial charge in [-0.3, -0.25) is 15.0 Å². The number of carbonyl (C=O) groups is 1. The van der Waals surface area contributed by atoms with Crippen LogP contribution in [0, 0.1) is 10.1 Å². The smallest absolute Gasteiger partial charge is 0.331 e. The second-order valence-corrected chi connectivity index (χ2v) is 7.03. The number of rotatable bonds is 3. The van der Waals surface area contributed by atoms with Crippen LogP contribution in [0.15, 0.2) is 76.5 Å². The predicted molar refractivity (Wildman–Crippen MR) is 108 cm³/mol. The molecule has 140 valence electrons. The third-order valence-corrected chi connectivity index (χ3v) is 5.41. The number of amides is 2. The molecule has 7 nitrogen and oxygen atoms in total. The number of nitrogens with zero attached hydrogens (tertiary/aromatic N) is 2. The van der Waals surface area contributed by atoms with Crippen molar-refractivity contribution in [3.8, 4) is 5.75 Å². The standard InChI is InChI=1S/C20H15N3O4S/c1-27-13-10-11-14(17(12-13)23(25)26)21-20(24)22-15-6-2-4-8-18(15)28-19-9-5-3-7-16(19)22/h2-12H,1H3,(H,21,24).